The fourth-order valence-corrected chi connectivity index (χ4v) is 4.26. The number of benzene rings is 3. The van der Waals surface area contributed by atoms with Gasteiger partial charge in [0.05, 0.1) is 0 Å². The van der Waals surface area contributed by atoms with Crippen LogP contribution in [0.15, 0.2) is 54.6 Å². The standard InChI is InChI=1S/C23H24BFN2O3/c25-22-13-18(24(29)30)12-21-19(22)5-2-6-20(21)23(28)27-9-7-16(8-10-27)17-4-1-3-15(11-17)14-26/h1-6,11-13,16,29-30H,7-10,14,26H2. The van der Waals surface area contributed by atoms with E-state index >= 15 is 0 Å². The number of carbonyl (C=O) groups excluding carboxylic acids is 1. The lowest BCUT2D eigenvalue weighted by Crippen LogP contribution is -2.38. The lowest BCUT2D eigenvalue weighted by molar-refractivity contribution is 0.0715. The van der Waals surface area contributed by atoms with Crippen LogP contribution in [0.5, 0.6) is 0 Å². The first-order valence-electron chi connectivity index (χ1n) is 10.1. The molecule has 0 radical (unpaired) electrons. The highest BCUT2D eigenvalue weighted by Gasteiger charge is 2.26. The summed E-state index contributed by atoms with van der Waals surface area (Å²) in [7, 11) is -1.80. The largest absolute Gasteiger partial charge is 0.488 e. The lowest BCUT2D eigenvalue weighted by atomic mass is 9.78. The van der Waals surface area contributed by atoms with E-state index in [2.05, 4.69) is 12.1 Å². The molecule has 0 unspecified atom stereocenters. The summed E-state index contributed by atoms with van der Waals surface area (Å²) in [5, 5.41) is 19.6. The first kappa shape index (κ1) is 20.5. The van der Waals surface area contributed by atoms with Crippen LogP contribution in [-0.2, 0) is 6.54 Å². The Kier molecular flexibility index (Phi) is 5.86. The zero-order valence-corrected chi connectivity index (χ0v) is 16.6. The summed E-state index contributed by atoms with van der Waals surface area (Å²) in [4.78, 5) is 15.0. The number of fused-ring (bicyclic) bond motifs is 1. The van der Waals surface area contributed by atoms with Gasteiger partial charge in [-0.25, -0.2) is 4.39 Å². The van der Waals surface area contributed by atoms with Crippen LogP contribution < -0.4 is 11.2 Å². The van der Waals surface area contributed by atoms with E-state index < -0.39 is 12.9 Å². The average Bonchev–Trinajstić information content (AvgIpc) is 2.78. The molecule has 0 spiro atoms. The average molecular weight is 406 g/mol. The molecule has 0 aliphatic carbocycles. The normalized spacial score (nSPS) is 14.9. The van der Waals surface area contributed by atoms with E-state index in [-0.39, 0.29) is 11.4 Å². The molecule has 1 aliphatic heterocycles. The van der Waals surface area contributed by atoms with Crippen molar-refractivity contribution < 1.29 is 19.2 Å². The van der Waals surface area contributed by atoms with Gasteiger partial charge in [0, 0.05) is 30.6 Å². The number of amides is 1. The second-order valence-electron chi connectivity index (χ2n) is 7.79. The maximum atomic E-state index is 14.4. The van der Waals surface area contributed by atoms with Gasteiger partial charge in [-0.2, -0.15) is 0 Å². The quantitative estimate of drug-likeness (QED) is 0.580. The minimum absolute atomic E-state index is 0.0266. The number of rotatable bonds is 4. The van der Waals surface area contributed by atoms with E-state index in [9.17, 15) is 19.2 Å². The molecule has 5 nitrogen and oxygen atoms in total. The number of nitrogens with two attached hydrogens (primary N) is 1. The van der Waals surface area contributed by atoms with Crippen molar-refractivity contribution >= 4 is 29.3 Å². The molecule has 0 saturated carbocycles. The van der Waals surface area contributed by atoms with Crippen LogP contribution in [0.25, 0.3) is 10.8 Å². The predicted octanol–water partition coefficient (Wildman–Crippen LogP) is 2.14. The summed E-state index contributed by atoms with van der Waals surface area (Å²) < 4.78 is 14.4. The van der Waals surface area contributed by atoms with Crippen LogP contribution >= 0.6 is 0 Å². The maximum Gasteiger partial charge on any atom is 0.488 e. The molecule has 0 aromatic heterocycles. The Bertz CT molecular complexity index is 1080. The molecule has 1 amide bonds. The molecule has 1 aliphatic rings. The predicted molar refractivity (Wildman–Crippen MR) is 116 cm³/mol. The number of carbonyl (C=O) groups is 1. The summed E-state index contributed by atoms with van der Waals surface area (Å²) in [5.74, 6) is -0.371. The highest BCUT2D eigenvalue weighted by atomic mass is 19.1. The number of piperidine rings is 1. The van der Waals surface area contributed by atoms with Crippen LogP contribution in [0.3, 0.4) is 0 Å². The fourth-order valence-electron chi connectivity index (χ4n) is 4.26. The number of hydrogen-bond acceptors (Lipinski definition) is 4. The molecule has 1 heterocycles. The van der Waals surface area contributed by atoms with E-state index in [4.69, 9.17) is 5.73 Å². The maximum absolute atomic E-state index is 14.4. The van der Waals surface area contributed by atoms with Gasteiger partial charge in [-0.15, -0.1) is 0 Å². The van der Waals surface area contributed by atoms with Gasteiger partial charge in [-0.05, 0) is 52.9 Å². The summed E-state index contributed by atoms with van der Waals surface area (Å²) in [5.41, 5.74) is 8.50. The summed E-state index contributed by atoms with van der Waals surface area (Å²) >= 11 is 0. The third kappa shape index (κ3) is 3.96. The van der Waals surface area contributed by atoms with Crippen LogP contribution in [0.2, 0.25) is 0 Å². The Balaban J connectivity index is 1.56. The molecule has 3 aromatic rings. The Labute approximate surface area is 175 Å². The summed E-state index contributed by atoms with van der Waals surface area (Å²) in [6.45, 7) is 1.72. The molecule has 1 fully saturated rings. The Hall–Kier alpha value is -2.74. The first-order chi connectivity index (χ1) is 14.5. The van der Waals surface area contributed by atoms with Crippen molar-refractivity contribution in [3.05, 3.63) is 77.1 Å². The SMILES string of the molecule is NCc1cccc(C2CCN(C(=O)c3cccc4c(F)cc(B(O)O)cc34)CC2)c1. The molecular formula is C23H24BFN2O3. The zero-order chi connectivity index (χ0) is 21.3. The fraction of sp³-hybridized carbons (Fsp3) is 0.261. The number of likely N-dealkylation sites (tertiary alicyclic amines) is 1. The van der Waals surface area contributed by atoms with Crippen molar-refractivity contribution in [3.63, 3.8) is 0 Å². The molecule has 1 saturated heterocycles. The van der Waals surface area contributed by atoms with Gasteiger partial charge in [0.1, 0.15) is 5.82 Å². The van der Waals surface area contributed by atoms with Gasteiger partial charge in [0.15, 0.2) is 0 Å². The number of nitrogens with zero attached hydrogens (tertiary/aromatic N) is 1. The van der Waals surface area contributed by atoms with Gasteiger partial charge in [0.2, 0.25) is 0 Å². The van der Waals surface area contributed by atoms with E-state index in [0.717, 1.165) is 24.5 Å². The van der Waals surface area contributed by atoms with Gasteiger partial charge >= 0.3 is 7.12 Å². The van der Waals surface area contributed by atoms with Crippen LogP contribution in [-0.4, -0.2) is 41.1 Å². The van der Waals surface area contributed by atoms with Crippen molar-refractivity contribution in [1.82, 2.24) is 4.90 Å². The molecule has 3 aromatic carbocycles. The van der Waals surface area contributed by atoms with Crippen LogP contribution in [0.4, 0.5) is 4.39 Å². The summed E-state index contributed by atoms with van der Waals surface area (Å²) in [6, 6.07) is 15.7. The Morgan fingerprint density at radius 2 is 1.80 bits per heavy atom. The van der Waals surface area contributed by atoms with Crippen molar-refractivity contribution in [3.8, 4) is 0 Å². The Morgan fingerprint density at radius 1 is 1.07 bits per heavy atom. The van der Waals surface area contributed by atoms with Gasteiger partial charge < -0.3 is 20.7 Å². The highest BCUT2D eigenvalue weighted by molar-refractivity contribution is 6.59. The number of halogens is 1. The molecule has 0 bridgehead atoms. The smallest absolute Gasteiger partial charge is 0.423 e. The molecule has 154 valence electrons. The lowest BCUT2D eigenvalue weighted by Gasteiger charge is -2.32. The van der Waals surface area contributed by atoms with Gasteiger partial charge in [-0.1, -0.05) is 42.5 Å². The first-order valence-corrected chi connectivity index (χ1v) is 10.1. The minimum Gasteiger partial charge on any atom is -0.423 e. The van der Waals surface area contributed by atoms with Crippen LogP contribution in [0, 0.1) is 5.82 Å². The second-order valence-corrected chi connectivity index (χ2v) is 7.79. The van der Waals surface area contributed by atoms with Crippen molar-refractivity contribution in [2.45, 2.75) is 25.3 Å². The monoisotopic (exact) mass is 406 g/mol. The second kappa shape index (κ2) is 8.56. The van der Waals surface area contributed by atoms with E-state index in [1.807, 2.05) is 12.1 Å². The molecule has 30 heavy (non-hydrogen) atoms. The molecule has 7 heteroatoms. The summed E-state index contributed by atoms with van der Waals surface area (Å²) in [6.07, 6.45) is 1.69. The molecule has 4 N–H and O–H groups in total. The topological polar surface area (TPSA) is 86.8 Å². The van der Waals surface area contributed by atoms with E-state index in [1.165, 1.54) is 11.6 Å². The minimum atomic E-state index is -1.80. The van der Waals surface area contributed by atoms with Gasteiger partial charge in [0.25, 0.3) is 5.91 Å². The third-order valence-electron chi connectivity index (χ3n) is 5.94. The third-order valence-corrected chi connectivity index (χ3v) is 5.94. The van der Waals surface area contributed by atoms with E-state index in [1.54, 1.807) is 23.1 Å². The van der Waals surface area contributed by atoms with Crippen molar-refractivity contribution in [2.75, 3.05) is 13.1 Å². The molecule has 4 rings (SSSR count). The van der Waals surface area contributed by atoms with Crippen molar-refractivity contribution in [1.29, 1.82) is 0 Å². The van der Waals surface area contributed by atoms with E-state index in [0.29, 0.717) is 41.9 Å². The van der Waals surface area contributed by atoms with Crippen LogP contribution in [0.1, 0.15) is 40.2 Å². The molecular weight excluding hydrogens is 382 g/mol. The van der Waals surface area contributed by atoms with Gasteiger partial charge in [-0.3, -0.25) is 4.79 Å². The van der Waals surface area contributed by atoms with Crippen molar-refractivity contribution in [2.24, 2.45) is 5.73 Å². The zero-order valence-electron chi connectivity index (χ0n) is 16.6. The Morgan fingerprint density at radius 3 is 2.50 bits per heavy atom. The number of hydrogen-bond donors (Lipinski definition) is 3. The highest BCUT2D eigenvalue weighted by Crippen LogP contribution is 2.30. The molecule has 0 atom stereocenters.